The summed E-state index contributed by atoms with van der Waals surface area (Å²) in [5.74, 6) is 0.663. The summed E-state index contributed by atoms with van der Waals surface area (Å²) >= 11 is 0. The van der Waals surface area contributed by atoms with E-state index in [2.05, 4.69) is 74.2 Å². The molecule has 0 saturated carbocycles. The number of nitrogens with zero attached hydrogens (tertiary/aromatic N) is 1. The minimum Gasteiger partial charge on any atom is -0.360 e. The molecule has 1 aliphatic rings. The van der Waals surface area contributed by atoms with Crippen LogP contribution in [0.2, 0.25) is 0 Å². The van der Waals surface area contributed by atoms with Crippen molar-refractivity contribution in [2.24, 2.45) is 0 Å². The Morgan fingerprint density at radius 3 is 2.42 bits per heavy atom. The number of nitrogens with one attached hydrogen (secondary N) is 1. The summed E-state index contributed by atoms with van der Waals surface area (Å²) in [4.78, 5) is 4.34. The SMILES string of the molecule is Cc1ccc(C)c(N2CC[NH+](CC[C@H](C)c3ccccc3)CC2)c1. The van der Waals surface area contributed by atoms with Crippen LogP contribution in [-0.2, 0) is 0 Å². The second-order valence-corrected chi connectivity index (χ2v) is 7.38. The predicted molar refractivity (Wildman–Crippen MR) is 103 cm³/mol. The Morgan fingerprint density at radius 1 is 1.00 bits per heavy atom. The number of anilines is 1. The first-order valence-electron chi connectivity index (χ1n) is 9.34. The Labute approximate surface area is 147 Å². The summed E-state index contributed by atoms with van der Waals surface area (Å²) < 4.78 is 0. The molecule has 2 nitrogen and oxygen atoms in total. The normalized spacial score (nSPS) is 17.0. The van der Waals surface area contributed by atoms with Crippen LogP contribution in [0.1, 0.15) is 36.0 Å². The first-order valence-corrected chi connectivity index (χ1v) is 9.34. The Balaban J connectivity index is 1.49. The van der Waals surface area contributed by atoms with Crippen LogP contribution in [0.15, 0.2) is 48.5 Å². The minimum absolute atomic E-state index is 0.663. The molecule has 24 heavy (non-hydrogen) atoms. The van der Waals surface area contributed by atoms with Gasteiger partial charge in [-0.3, -0.25) is 0 Å². The third-order valence-corrected chi connectivity index (χ3v) is 5.48. The molecule has 0 aromatic heterocycles. The third kappa shape index (κ3) is 4.18. The molecule has 1 saturated heterocycles. The van der Waals surface area contributed by atoms with Gasteiger partial charge in [0.05, 0.1) is 32.7 Å². The lowest BCUT2D eigenvalue weighted by molar-refractivity contribution is -0.901. The maximum absolute atomic E-state index is 2.58. The third-order valence-electron chi connectivity index (χ3n) is 5.48. The van der Waals surface area contributed by atoms with Crippen molar-refractivity contribution in [2.75, 3.05) is 37.6 Å². The molecule has 0 amide bonds. The van der Waals surface area contributed by atoms with Crippen LogP contribution in [0, 0.1) is 13.8 Å². The molecule has 0 radical (unpaired) electrons. The van der Waals surface area contributed by atoms with Crippen LogP contribution in [0.5, 0.6) is 0 Å². The maximum atomic E-state index is 2.58. The van der Waals surface area contributed by atoms with Crippen LogP contribution in [0.3, 0.4) is 0 Å². The summed E-state index contributed by atoms with van der Waals surface area (Å²) in [6, 6.07) is 17.8. The maximum Gasteiger partial charge on any atom is 0.0949 e. The molecule has 2 aromatic rings. The molecule has 0 aliphatic carbocycles. The van der Waals surface area contributed by atoms with Crippen molar-refractivity contribution >= 4 is 5.69 Å². The van der Waals surface area contributed by atoms with E-state index in [0.717, 1.165) is 0 Å². The van der Waals surface area contributed by atoms with E-state index in [-0.39, 0.29) is 0 Å². The molecule has 128 valence electrons. The highest BCUT2D eigenvalue weighted by molar-refractivity contribution is 5.55. The molecule has 3 rings (SSSR count). The van der Waals surface area contributed by atoms with Crippen LogP contribution in [0.25, 0.3) is 0 Å². The number of benzene rings is 2. The fraction of sp³-hybridized carbons (Fsp3) is 0.455. The Morgan fingerprint density at radius 2 is 1.71 bits per heavy atom. The van der Waals surface area contributed by atoms with Crippen molar-refractivity contribution in [2.45, 2.75) is 33.1 Å². The van der Waals surface area contributed by atoms with Gasteiger partial charge >= 0.3 is 0 Å². The average Bonchev–Trinajstić information content (AvgIpc) is 2.63. The second-order valence-electron chi connectivity index (χ2n) is 7.38. The van der Waals surface area contributed by atoms with Gasteiger partial charge in [0.1, 0.15) is 0 Å². The number of hydrogen-bond donors (Lipinski definition) is 1. The van der Waals surface area contributed by atoms with Crippen LogP contribution in [0.4, 0.5) is 5.69 Å². The number of quaternary nitrogens is 1. The van der Waals surface area contributed by atoms with Crippen molar-refractivity contribution < 1.29 is 4.90 Å². The number of rotatable bonds is 5. The number of hydrogen-bond acceptors (Lipinski definition) is 1. The molecule has 0 spiro atoms. The summed E-state index contributed by atoms with van der Waals surface area (Å²) in [6.07, 6.45) is 1.28. The topological polar surface area (TPSA) is 7.68 Å². The molecular formula is C22H31N2+. The van der Waals surface area contributed by atoms with E-state index in [1.165, 1.54) is 61.5 Å². The van der Waals surface area contributed by atoms with Gasteiger partial charge in [-0.25, -0.2) is 0 Å². The smallest absolute Gasteiger partial charge is 0.0949 e. The molecule has 0 unspecified atom stereocenters. The van der Waals surface area contributed by atoms with E-state index >= 15 is 0 Å². The monoisotopic (exact) mass is 323 g/mol. The summed E-state index contributed by atoms with van der Waals surface area (Å²) in [5.41, 5.74) is 5.68. The zero-order chi connectivity index (χ0) is 16.9. The fourth-order valence-corrected chi connectivity index (χ4v) is 3.74. The standard InChI is InChI=1S/C22H30N2/c1-18-9-10-20(3)22(17-18)24-15-13-23(14-16-24)12-11-19(2)21-7-5-4-6-8-21/h4-10,17,19H,11-16H2,1-3H3/p+1/t19-/m0/s1. The Bertz CT molecular complexity index is 642. The van der Waals surface area contributed by atoms with Gasteiger partial charge in [0.2, 0.25) is 0 Å². The average molecular weight is 324 g/mol. The van der Waals surface area contributed by atoms with E-state index < -0.39 is 0 Å². The highest BCUT2D eigenvalue weighted by Crippen LogP contribution is 2.21. The Hall–Kier alpha value is -1.80. The fourth-order valence-electron chi connectivity index (χ4n) is 3.74. The number of piperazine rings is 1. The van der Waals surface area contributed by atoms with Crippen molar-refractivity contribution in [3.8, 4) is 0 Å². The van der Waals surface area contributed by atoms with E-state index in [9.17, 15) is 0 Å². The van der Waals surface area contributed by atoms with Crippen molar-refractivity contribution in [1.82, 2.24) is 0 Å². The summed E-state index contributed by atoms with van der Waals surface area (Å²) in [7, 11) is 0. The van der Waals surface area contributed by atoms with E-state index in [1.54, 1.807) is 4.90 Å². The Kier molecular flexibility index (Phi) is 5.57. The van der Waals surface area contributed by atoms with Gasteiger partial charge in [-0.05, 0) is 42.5 Å². The molecule has 2 heteroatoms. The highest BCUT2D eigenvalue weighted by atomic mass is 15.3. The van der Waals surface area contributed by atoms with Gasteiger partial charge in [0, 0.05) is 12.1 Å². The second kappa shape index (κ2) is 7.85. The van der Waals surface area contributed by atoms with Gasteiger partial charge in [-0.1, -0.05) is 49.4 Å². The van der Waals surface area contributed by atoms with Gasteiger partial charge < -0.3 is 9.80 Å². The molecule has 1 aliphatic heterocycles. The largest absolute Gasteiger partial charge is 0.360 e. The van der Waals surface area contributed by atoms with Gasteiger partial charge in [-0.15, -0.1) is 0 Å². The molecule has 1 atom stereocenters. The summed E-state index contributed by atoms with van der Waals surface area (Å²) in [5, 5.41) is 0. The highest BCUT2D eigenvalue weighted by Gasteiger charge is 2.21. The van der Waals surface area contributed by atoms with Crippen molar-refractivity contribution in [3.05, 3.63) is 65.2 Å². The molecular weight excluding hydrogens is 292 g/mol. The van der Waals surface area contributed by atoms with Gasteiger partial charge in [-0.2, -0.15) is 0 Å². The number of aryl methyl sites for hydroxylation is 2. The molecule has 1 fully saturated rings. The van der Waals surface area contributed by atoms with E-state index in [4.69, 9.17) is 0 Å². The lowest BCUT2D eigenvalue weighted by atomic mass is 9.97. The summed E-state index contributed by atoms with van der Waals surface area (Å²) in [6.45, 7) is 12.9. The zero-order valence-electron chi connectivity index (χ0n) is 15.4. The zero-order valence-corrected chi connectivity index (χ0v) is 15.4. The quantitative estimate of drug-likeness (QED) is 0.888. The lowest BCUT2D eigenvalue weighted by Crippen LogP contribution is -3.14. The minimum atomic E-state index is 0.663. The first kappa shape index (κ1) is 17.0. The van der Waals surface area contributed by atoms with Crippen LogP contribution >= 0.6 is 0 Å². The predicted octanol–water partition coefficient (Wildman–Crippen LogP) is 3.20. The van der Waals surface area contributed by atoms with Gasteiger partial charge in [0.25, 0.3) is 0 Å². The van der Waals surface area contributed by atoms with Crippen molar-refractivity contribution in [1.29, 1.82) is 0 Å². The van der Waals surface area contributed by atoms with E-state index in [0.29, 0.717) is 5.92 Å². The molecule has 2 aromatic carbocycles. The molecule has 1 heterocycles. The van der Waals surface area contributed by atoms with Crippen molar-refractivity contribution in [3.63, 3.8) is 0 Å². The van der Waals surface area contributed by atoms with Crippen LogP contribution < -0.4 is 9.80 Å². The van der Waals surface area contributed by atoms with E-state index in [1.807, 2.05) is 0 Å². The molecule has 1 N–H and O–H groups in total. The lowest BCUT2D eigenvalue weighted by Gasteiger charge is -2.35. The van der Waals surface area contributed by atoms with Crippen LogP contribution in [-0.4, -0.2) is 32.7 Å². The van der Waals surface area contributed by atoms with Gasteiger partial charge in [0.15, 0.2) is 0 Å². The first-order chi connectivity index (χ1) is 11.6. The molecule has 0 bridgehead atoms.